The minimum absolute atomic E-state index is 0.0579. The van der Waals surface area contributed by atoms with E-state index in [2.05, 4.69) is 140 Å². The lowest BCUT2D eigenvalue weighted by atomic mass is 9.45. The molecule has 1 aromatic heterocycles. The summed E-state index contributed by atoms with van der Waals surface area (Å²) in [5, 5.41) is 2.64. The number of hydrogen-bond acceptors (Lipinski definition) is 1. The van der Waals surface area contributed by atoms with E-state index in [-0.39, 0.29) is 12.3 Å². The van der Waals surface area contributed by atoms with E-state index in [0.717, 1.165) is 0 Å². The molecule has 0 unspecified atom stereocenters. The molecule has 0 spiro atoms. The van der Waals surface area contributed by atoms with E-state index in [4.69, 9.17) is 0 Å². The molecule has 8 rings (SSSR count). The van der Waals surface area contributed by atoms with Crippen molar-refractivity contribution in [1.82, 2.24) is 4.57 Å². The zero-order chi connectivity index (χ0) is 25.8. The molecule has 0 saturated carbocycles. The largest absolute Gasteiger partial charge is 0.376 e. The predicted molar refractivity (Wildman–Crippen MR) is 162 cm³/mol. The molecular weight excluding hydrogens is 459 g/mol. The number of benzene rings is 5. The Kier molecular flexibility index (Phi) is 4.26. The van der Waals surface area contributed by atoms with Gasteiger partial charge in [-0.15, -0.1) is 0 Å². The number of fused-ring (bicyclic) bond motifs is 7. The second-order valence-corrected chi connectivity index (χ2v) is 11.5. The van der Waals surface area contributed by atoms with Gasteiger partial charge >= 0.3 is 6.85 Å². The predicted octanol–water partition coefficient (Wildman–Crippen LogP) is 7.30. The Morgan fingerprint density at radius 1 is 0.579 bits per heavy atom. The Morgan fingerprint density at radius 2 is 1.16 bits per heavy atom. The van der Waals surface area contributed by atoms with Gasteiger partial charge in [-0.1, -0.05) is 105 Å². The standard InChI is InChI=1S/C35H29BN2/c1-22-12-9-16-26-32(22)38(33-23(2)13-10-17-27(33)35(26,3)4)36-28-18-6-8-21-31(28)37-30-20-7-5-14-24(30)25-15-11-19-29(36)34(25)37/h5-21H,1-4H3. The van der Waals surface area contributed by atoms with E-state index in [0.29, 0.717) is 0 Å². The maximum absolute atomic E-state index is 2.68. The van der Waals surface area contributed by atoms with Gasteiger partial charge in [-0.25, -0.2) is 0 Å². The van der Waals surface area contributed by atoms with Gasteiger partial charge in [-0.2, -0.15) is 0 Å². The molecule has 3 heterocycles. The van der Waals surface area contributed by atoms with Crippen LogP contribution in [0.5, 0.6) is 0 Å². The smallest absolute Gasteiger partial charge is 0.332 e. The Labute approximate surface area is 224 Å². The number of hydrogen-bond donors (Lipinski definition) is 0. The van der Waals surface area contributed by atoms with Gasteiger partial charge < -0.3 is 9.38 Å². The first-order valence-electron chi connectivity index (χ1n) is 13.6. The third kappa shape index (κ3) is 2.59. The summed E-state index contributed by atoms with van der Waals surface area (Å²) in [5.41, 5.74) is 14.6. The first kappa shape index (κ1) is 21.8. The van der Waals surface area contributed by atoms with Crippen LogP contribution in [0, 0.1) is 13.8 Å². The molecule has 3 heteroatoms. The van der Waals surface area contributed by atoms with Crippen LogP contribution < -0.4 is 15.7 Å². The zero-order valence-corrected chi connectivity index (χ0v) is 22.3. The lowest BCUT2D eigenvalue weighted by Gasteiger charge is -2.47. The van der Waals surface area contributed by atoms with Gasteiger partial charge in [-0.05, 0) is 59.2 Å². The van der Waals surface area contributed by atoms with Gasteiger partial charge in [0.05, 0.1) is 11.0 Å². The van der Waals surface area contributed by atoms with Crippen molar-refractivity contribution in [3.63, 3.8) is 0 Å². The van der Waals surface area contributed by atoms with Crippen LogP contribution in [0.15, 0.2) is 103 Å². The first-order chi connectivity index (χ1) is 18.5. The topological polar surface area (TPSA) is 8.17 Å². The average molecular weight is 488 g/mol. The van der Waals surface area contributed by atoms with Gasteiger partial charge in [0.15, 0.2) is 0 Å². The van der Waals surface area contributed by atoms with Crippen molar-refractivity contribution < 1.29 is 0 Å². The summed E-state index contributed by atoms with van der Waals surface area (Å²) in [6.07, 6.45) is 0. The highest BCUT2D eigenvalue weighted by Crippen LogP contribution is 2.52. The quantitative estimate of drug-likeness (QED) is 0.221. The Bertz CT molecular complexity index is 1890. The SMILES string of the molecule is Cc1cccc2c1N(B1c3ccccc3-n3c4ccccc4c4cccc1c43)c1c(C)cccc1C2(C)C. The molecule has 2 aliphatic rings. The molecule has 0 N–H and O–H groups in total. The van der Waals surface area contributed by atoms with E-state index < -0.39 is 0 Å². The normalized spacial score (nSPS) is 14.9. The number of para-hydroxylation sites is 5. The molecule has 0 bridgehead atoms. The summed E-state index contributed by atoms with van der Waals surface area (Å²) in [6, 6.07) is 38.4. The van der Waals surface area contributed by atoms with Crippen LogP contribution in [0.4, 0.5) is 11.4 Å². The lowest BCUT2D eigenvalue weighted by molar-refractivity contribution is 0.632. The minimum Gasteiger partial charge on any atom is -0.376 e. The summed E-state index contributed by atoms with van der Waals surface area (Å²) < 4.78 is 2.50. The van der Waals surface area contributed by atoms with Gasteiger partial charge in [-0.3, -0.25) is 0 Å². The van der Waals surface area contributed by atoms with Crippen LogP contribution in [-0.2, 0) is 5.41 Å². The highest BCUT2D eigenvalue weighted by molar-refractivity contribution is 6.92. The number of aromatic nitrogens is 1. The van der Waals surface area contributed by atoms with E-state index >= 15 is 0 Å². The maximum Gasteiger partial charge on any atom is 0.332 e. The van der Waals surface area contributed by atoms with Crippen LogP contribution in [0.3, 0.4) is 0 Å². The fourth-order valence-electron chi connectivity index (χ4n) is 7.37. The summed E-state index contributed by atoms with van der Waals surface area (Å²) in [7, 11) is 0. The van der Waals surface area contributed by atoms with Gasteiger partial charge in [0.2, 0.25) is 0 Å². The fourth-order valence-corrected chi connectivity index (χ4v) is 7.37. The molecule has 182 valence electrons. The summed E-state index contributed by atoms with van der Waals surface area (Å²) in [6.45, 7) is 9.37. The van der Waals surface area contributed by atoms with Crippen molar-refractivity contribution in [3.05, 3.63) is 125 Å². The van der Waals surface area contributed by atoms with E-state index in [1.807, 2.05) is 0 Å². The molecule has 0 atom stereocenters. The minimum atomic E-state index is -0.0890. The van der Waals surface area contributed by atoms with Gasteiger partial charge in [0, 0.05) is 33.2 Å². The van der Waals surface area contributed by atoms with Crippen molar-refractivity contribution >= 4 is 51.0 Å². The summed E-state index contributed by atoms with van der Waals surface area (Å²) >= 11 is 0. The molecule has 2 aliphatic heterocycles. The van der Waals surface area contributed by atoms with E-state index in [1.165, 1.54) is 72.0 Å². The Balaban J connectivity index is 1.56. The molecule has 6 aromatic rings. The van der Waals surface area contributed by atoms with Crippen LogP contribution in [0.1, 0.15) is 36.1 Å². The molecule has 2 nitrogen and oxygen atoms in total. The van der Waals surface area contributed by atoms with Gasteiger partial charge in [0.25, 0.3) is 0 Å². The highest BCUT2D eigenvalue weighted by atomic mass is 15.1. The fraction of sp³-hybridized carbons (Fsp3) is 0.143. The van der Waals surface area contributed by atoms with Crippen molar-refractivity contribution in [3.8, 4) is 5.69 Å². The summed E-state index contributed by atoms with van der Waals surface area (Å²) in [4.78, 5) is 2.68. The third-order valence-electron chi connectivity index (χ3n) is 9.06. The van der Waals surface area contributed by atoms with Crippen LogP contribution in [0.25, 0.3) is 27.5 Å². The van der Waals surface area contributed by atoms with Crippen LogP contribution in [0.2, 0.25) is 0 Å². The first-order valence-corrected chi connectivity index (χ1v) is 13.6. The molecule has 5 aromatic carbocycles. The molecule has 38 heavy (non-hydrogen) atoms. The molecule has 0 fully saturated rings. The Morgan fingerprint density at radius 3 is 1.89 bits per heavy atom. The molecule has 0 radical (unpaired) electrons. The Hall–Kier alpha value is -4.24. The van der Waals surface area contributed by atoms with E-state index in [1.54, 1.807) is 0 Å². The van der Waals surface area contributed by atoms with E-state index in [9.17, 15) is 0 Å². The number of anilines is 2. The molecule has 0 amide bonds. The molecular formula is C35H29BN2. The third-order valence-corrected chi connectivity index (χ3v) is 9.06. The molecule has 0 saturated heterocycles. The number of nitrogens with zero attached hydrogens (tertiary/aromatic N) is 2. The number of aryl methyl sites for hydroxylation is 2. The second kappa shape index (κ2) is 7.42. The van der Waals surface area contributed by atoms with Crippen LogP contribution in [-0.4, -0.2) is 11.4 Å². The lowest BCUT2D eigenvalue weighted by Crippen LogP contribution is -2.60. The van der Waals surface area contributed by atoms with Crippen molar-refractivity contribution in [2.45, 2.75) is 33.1 Å². The van der Waals surface area contributed by atoms with Crippen molar-refractivity contribution in [1.29, 1.82) is 0 Å². The highest BCUT2D eigenvalue weighted by Gasteiger charge is 2.45. The average Bonchev–Trinajstić information content (AvgIpc) is 3.27. The van der Waals surface area contributed by atoms with Crippen molar-refractivity contribution in [2.24, 2.45) is 0 Å². The maximum atomic E-state index is 2.68. The van der Waals surface area contributed by atoms with Crippen LogP contribution >= 0.6 is 0 Å². The molecule has 0 aliphatic carbocycles. The summed E-state index contributed by atoms with van der Waals surface area (Å²) in [5.74, 6) is 0. The monoisotopic (exact) mass is 488 g/mol. The van der Waals surface area contributed by atoms with Crippen molar-refractivity contribution in [2.75, 3.05) is 4.81 Å². The zero-order valence-electron chi connectivity index (χ0n) is 22.3. The van der Waals surface area contributed by atoms with Gasteiger partial charge in [0.1, 0.15) is 0 Å². The second-order valence-electron chi connectivity index (χ2n) is 11.5. The number of rotatable bonds is 1.